The Hall–Kier alpha value is -0.650. The molecule has 36 valence electrons. The van der Waals surface area contributed by atoms with E-state index >= 15 is 0 Å². The number of hydrogen-bond donors (Lipinski definition) is 1. The molecule has 0 fully saturated rings. The van der Waals surface area contributed by atoms with E-state index in [1.165, 1.54) is 0 Å². The van der Waals surface area contributed by atoms with Crippen LogP contribution in [0.5, 0.6) is 0 Å². The molecule has 0 atom stereocenters. The molecule has 0 amide bonds. The second kappa shape index (κ2) is 2.58. The van der Waals surface area contributed by atoms with E-state index in [1.54, 1.807) is 5.34 Å². The summed E-state index contributed by atoms with van der Waals surface area (Å²) in [5.74, 6) is 0. The minimum atomic E-state index is -3.08. The fraction of sp³-hybridized carbons (Fsp3) is 0. The van der Waals surface area contributed by atoms with Gasteiger partial charge in [-0.2, -0.15) is 8.42 Å². The summed E-state index contributed by atoms with van der Waals surface area (Å²) in [5, 5.41) is 1.59. The third-order valence-electron chi connectivity index (χ3n) is 0.100. The quantitative estimate of drug-likeness (QED) is 0.288. The van der Waals surface area contributed by atoms with Crippen LogP contribution in [-0.4, -0.2) is 8.42 Å². The highest BCUT2D eigenvalue weighted by Gasteiger charge is 1.71. The van der Waals surface area contributed by atoms with Gasteiger partial charge in [-0.3, -0.25) is 0 Å². The van der Waals surface area contributed by atoms with Crippen molar-refractivity contribution in [2.45, 2.75) is 0 Å². The summed E-state index contributed by atoms with van der Waals surface area (Å²) >= 11 is 0. The van der Waals surface area contributed by atoms with Gasteiger partial charge in [-0.05, 0) is 0 Å². The Kier molecular flexibility index (Phi) is 2.30. The molecular weight excluding hydrogens is 110 g/mol. The van der Waals surface area contributed by atoms with Crippen LogP contribution in [0.1, 0.15) is 0 Å². The molecular formula is HNO4S. The highest BCUT2D eigenvalue weighted by atomic mass is 32.2. The summed E-state index contributed by atoms with van der Waals surface area (Å²) in [5.41, 5.74) is 0. The van der Waals surface area contributed by atoms with Gasteiger partial charge >= 0.3 is 11.0 Å². The molecule has 0 spiro atoms. The maximum Gasteiger partial charge on any atom is 0.322 e. The van der Waals surface area contributed by atoms with E-state index in [0.29, 0.717) is 0 Å². The van der Waals surface area contributed by atoms with E-state index in [0.717, 1.165) is 0 Å². The Bertz CT molecular complexity index is 94.1. The lowest BCUT2D eigenvalue weighted by Crippen LogP contribution is -1.71. The van der Waals surface area contributed by atoms with Crippen molar-refractivity contribution in [3.05, 3.63) is 4.91 Å². The average Bonchev–Trinajstić information content (AvgIpc) is 1.35. The number of thiol groups is 1. The molecule has 0 rings (SSSR count). The number of hydrogen-bond acceptors (Lipinski definition) is 5. The van der Waals surface area contributed by atoms with Gasteiger partial charge in [-0.15, -0.1) is 4.91 Å². The summed E-state index contributed by atoms with van der Waals surface area (Å²) < 4.78 is 21.3. The van der Waals surface area contributed by atoms with E-state index < -0.39 is 11.0 Å². The third kappa shape index (κ3) is 3.35. The molecule has 0 saturated carbocycles. The van der Waals surface area contributed by atoms with E-state index in [1.807, 2.05) is 0 Å². The Morgan fingerprint density at radius 3 is 2.00 bits per heavy atom. The van der Waals surface area contributed by atoms with Crippen LogP contribution in [0.3, 0.4) is 0 Å². The molecule has 0 radical (unpaired) electrons. The first-order chi connectivity index (χ1) is 2.77. The van der Waals surface area contributed by atoms with Crippen LogP contribution >= 0.6 is 0 Å². The first kappa shape index (κ1) is 5.35. The minimum Gasteiger partial charge on any atom is -0.235 e. The molecule has 0 aliphatic heterocycles. The van der Waals surface area contributed by atoms with Gasteiger partial charge in [0.15, 0.2) is 5.34 Å². The van der Waals surface area contributed by atoms with E-state index in [4.69, 9.17) is 13.3 Å². The van der Waals surface area contributed by atoms with Crippen LogP contribution in [0.2, 0.25) is 0 Å². The van der Waals surface area contributed by atoms with Crippen molar-refractivity contribution in [2.24, 2.45) is 5.34 Å². The lowest BCUT2D eigenvalue weighted by atomic mass is 13.4. The predicted molar refractivity (Wildman–Crippen MR) is 17.2 cm³/mol. The van der Waals surface area contributed by atoms with E-state index in [2.05, 4.69) is 4.28 Å². The molecule has 0 N–H and O–H groups in total. The van der Waals surface area contributed by atoms with Crippen LogP contribution in [0.15, 0.2) is 5.34 Å². The van der Waals surface area contributed by atoms with Gasteiger partial charge in [-0.1, -0.05) is 0 Å². The lowest BCUT2D eigenvalue weighted by molar-refractivity contribution is 0.350. The molecule has 6 heavy (non-hydrogen) atoms. The van der Waals surface area contributed by atoms with Gasteiger partial charge in [0.05, 0.1) is 0 Å². The third-order valence-corrected chi connectivity index (χ3v) is 0.300. The van der Waals surface area contributed by atoms with Gasteiger partial charge in [0.2, 0.25) is 0 Å². The summed E-state index contributed by atoms with van der Waals surface area (Å²) in [6.07, 6.45) is 0. The van der Waals surface area contributed by atoms with Gasteiger partial charge in [0.1, 0.15) is 0 Å². The summed E-state index contributed by atoms with van der Waals surface area (Å²) in [4.78, 5) is 8.76. The van der Waals surface area contributed by atoms with Crippen molar-refractivity contribution in [1.29, 1.82) is 0 Å². The second-order valence-corrected chi connectivity index (χ2v) is 0.990. The topological polar surface area (TPSA) is 72.8 Å². The van der Waals surface area contributed by atoms with Crippen LogP contribution in [-0.2, 0) is 15.3 Å². The Labute approximate surface area is 35.0 Å². The molecule has 0 unspecified atom stereocenters. The van der Waals surface area contributed by atoms with Crippen LogP contribution in [0, 0.1) is 4.91 Å². The van der Waals surface area contributed by atoms with E-state index in [9.17, 15) is 0 Å². The Morgan fingerprint density at radius 1 is 1.50 bits per heavy atom. The van der Waals surface area contributed by atoms with Crippen molar-refractivity contribution in [3.63, 3.8) is 0 Å². The van der Waals surface area contributed by atoms with Crippen LogP contribution < -0.4 is 0 Å². The fourth-order valence-electron chi connectivity index (χ4n) is 0.0272. The zero-order valence-electron chi connectivity index (χ0n) is 2.53. The van der Waals surface area contributed by atoms with Gasteiger partial charge in [0, 0.05) is 0 Å². The zero-order chi connectivity index (χ0) is 4.99. The van der Waals surface area contributed by atoms with Crippen LogP contribution in [0.4, 0.5) is 0 Å². The highest BCUT2D eigenvalue weighted by Crippen LogP contribution is 1.66. The van der Waals surface area contributed by atoms with Crippen molar-refractivity contribution < 1.29 is 12.7 Å². The molecule has 5 nitrogen and oxygen atoms in total. The first-order valence-electron chi connectivity index (χ1n) is 0.913. The molecule has 0 aromatic heterocycles. The summed E-state index contributed by atoms with van der Waals surface area (Å²) in [7, 11) is -3.08. The van der Waals surface area contributed by atoms with Gasteiger partial charge < -0.3 is 0 Å². The number of rotatable bonds is 2. The average molecular weight is 111 g/mol. The molecule has 0 aromatic carbocycles. The maximum absolute atomic E-state index is 9.12. The summed E-state index contributed by atoms with van der Waals surface area (Å²) in [6.45, 7) is 0. The lowest BCUT2D eigenvalue weighted by Gasteiger charge is -1.66. The van der Waals surface area contributed by atoms with Crippen molar-refractivity contribution in [1.82, 2.24) is 0 Å². The highest BCUT2D eigenvalue weighted by molar-refractivity contribution is 7.67. The monoisotopic (exact) mass is 111 g/mol. The van der Waals surface area contributed by atoms with Crippen molar-refractivity contribution in [3.8, 4) is 0 Å². The maximum atomic E-state index is 9.12. The van der Waals surface area contributed by atoms with Crippen molar-refractivity contribution in [2.75, 3.05) is 0 Å². The van der Waals surface area contributed by atoms with Gasteiger partial charge in [-0.25, -0.2) is 4.28 Å². The fourth-order valence-corrected chi connectivity index (χ4v) is 0.0816. The number of nitrogens with zero attached hydrogens (tertiary/aromatic N) is 1. The molecule has 0 aromatic rings. The second-order valence-electron chi connectivity index (χ2n) is 0.380. The zero-order valence-corrected chi connectivity index (χ0v) is 3.42. The normalized spacial score (nSPS) is 8.17. The van der Waals surface area contributed by atoms with Gasteiger partial charge in [0.25, 0.3) is 0 Å². The van der Waals surface area contributed by atoms with Crippen LogP contribution in [0.25, 0.3) is 0 Å². The molecule has 0 saturated heterocycles. The van der Waals surface area contributed by atoms with Crippen molar-refractivity contribution >= 4 is 11.0 Å². The molecule has 0 aliphatic rings. The standard InChI is InChI=1S/HNO4S/c2-1-5-6(3)4/h6H. The molecule has 0 bridgehead atoms. The summed E-state index contributed by atoms with van der Waals surface area (Å²) in [6, 6.07) is 0. The minimum absolute atomic E-state index is 1.59. The Morgan fingerprint density at radius 2 is 2.00 bits per heavy atom. The predicted octanol–water partition coefficient (Wildman–Crippen LogP) is -0.789. The molecule has 0 heterocycles. The smallest absolute Gasteiger partial charge is 0.235 e. The largest absolute Gasteiger partial charge is 0.322 e. The Balaban J connectivity index is 3.32. The van der Waals surface area contributed by atoms with E-state index in [-0.39, 0.29) is 0 Å². The molecule has 6 heteroatoms. The molecule has 0 aliphatic carbocycles. The SMILES string of the molecule is O=NO[SH](=O)=O. The first-order valence-corrected chi connectivity index (χ1v) is 2.01.